The van der Waals surface area contributed by atoms with Gasteiger partial charge in [0.25, 0.3) is 0 Å². The van der Waals surface area contributed by atoms with Crippen LogP contribution in [0, 0.1) is 0 Å². The van der Waals surface area contributed by atoms with Crippen LogP contribution in [0.3, 0.4) is 0 Å². The fourth-order valence-corrected chi connectivity index (χ4v) is 2.20. The third-order valence-electron chi connectivity index (χ3n) is 3.10. The van der Waals surface area contributed by atoms with Gasteiger partial charge in [0.15, 0.2) is 0 Å². The number of unbranched alkanes of at least 4 members (excludes halogenated alkanes) is 1. The summed E-state index contributed by atoms with van der Waals surface area (Å²) in [5, 5.41) is 0. The highest BCUT2D eigenvalue weighted by molar-refractivity contribution is 6.17. The first kappa shape index (κ1) is 14.8. The van der Waals surface area contributed by atoms with E-state index in [1.807, 2.05) is 6.07 Å². The minimum Gasteiger partial charge on any atom is -0.289 e. The molecule has 2 rings (SSSR count). The van der Waals surface area contributed by atoms with E-state index < -0.39 is 0 Å². The molecule has 20 heavy (non-hydrogen) atoms. The molecular formula is C18H20ClN. The van der Waals surface area contributed by atoms with Gasteiger partial charge in [-0.15, -0.1) is 11.6 Å². The SMILES string of the molecule is ClCCCCN=C1C=C(C=Cc2ccccc2)C=CC1. The molecule has 0 unspecified atom stereocenters. The van der Waals surface area contributed by atoms with E-state index in [1.54, 1.807) is 0 Å². The highest BCUT2D eigenvalue weighted by Crippen LogP contribution is 2.12. The Balaban J connectivity index is 1.95. The van der Waals surface area contributed by atoms with E-state index in [0.29, 0.717) is 0 Å². The number of halogens is 1. The minimum absolute atomic E-state index is 0.728. The summed E-state index contributed by atoms with van der Waals surface area (Å²) in [6.07, 6.45) is 13.8. The van der Waals surface area contributed by atoms with Crippen molar-refractivity contribution in [2.75, 3.05) is 12.4 Å². The van der Waals surface area contributed by atoms with E-state index >= 15 is 0 Å². The molecule has 1 nitrogen and oxygen atoms in total. The first-order chi connectivity index (χ1) is 9.88. The molecule has 0 saturated carbocycles. The van der Waals surface area contributed by atoms with E-state index in [4.69, 9.17) is 11.6 Å². The second-order valence-electron chi connectivity index (χ2n) is 4.76. The van der Waals surface area contributed by atoms with Crippen LogP contribution in [0.4, 0.5) is 0 Å². The Morgan fingerprint density at radius 2 is 1.95 bits per heavy atom. The molecule has 0 spiro atoms. The second kappa shape index (κ2) is 8.55. The van der Waals surface area contributed by atoms with Gasteiger partial charge in [-0.25, -0.2) is 0 Å². The molecule has 104 valence electrons. The van der Waals surface area contributed by atoms with Crippen LogP contribution in [0.1, 0.15) is 24.8 Å². The van der Waals surface area contributed by atoms with Gasteiger partial charge in [0, 0.05) is 24.6 Å². The van der Waals surface area contributed by atoms with Crippen molar-refractivity contribution in [1.29, 1.82) is 0 Å². The number of allylic oxidation sites excluding steroid dienone is 5. The van der Waals surface area contributed by atoms with Gasteiger partial charge in [-0.1, -0.05) is 54.6 Å². The maximum Gasteiger partial charge on any atom is 0.0393 e. The van der Waals surface area contributed by atoms with Gasteiger partial charge in [0.1, 0.15) is 0 Å². The van der Waals surface area contributed by atoms with E-state index in [1.165, 1.54) is 11.1 Å². The van der Waals surface area contributed by atoms with Gasteiger partial charge in [-0.05, 0) is 30.1 Å². The Morgan fingerprint density at radius 1 is 1.10 bits per heavy atom. The first-order valence-electron chi connectivity index (χ1n) is 7.09. The predicted molar refractivity (Wildman–Crippen MR) is 89.6 cm³/mol. The number of hydrogen-bond acceptors (Lipinski definition) is 1. The molecule has 0 N–H and O–H groups in total. The molecule has 0 amide bonds. The largest absolute Gasteiger partial charge is 0.289 e. The van der Waals surface area contributed by atoms with E-state index in [-0.39, 0.29) is 0 Å². The lowest BCUT2D eigenvalue weighted by atomic mass is 10.0. The summed E-state index contributed by atoms with van der Waals surface area (Å²) in [4.78, 5) is 4.62. The van der Waals surface area contributed by atoms with Crippen molar-refractivity contribution < 1.29 is 0 Å². The van der Waals surface area contributed by atoms with Gasteiger partial charge in [0.2, 0.25) is 0 Å². The number of rotatable bonds is 6. The third kappa shape index (κ3) is 5.18. The molecule has 0 radical (unpaired) electrons. The van der Waals surface area contributed by atoms with Crippen molar-refractivity contribution in [3.8, 4) is 0 Å². The van der Waals surface area contributed by atoms with Crippen molar-refractivity contribution in [2.24, 2.45) is 4.99 Å². The molecule has 2 heteroatoms. The Bertz CT molecular complexity index is 524. The number of benzene rings is 1. The monoisotopic (exact) mass is 285 g/mol. The zero-order valence-corrected chi connectivity index (χ0v) is 12.4. The molecule has 0 bridgehead atoms. The number of nitrogens with zero attached hydrogens (tertiary/aromatic N) is 1. The predicted octanol–water partition coefficient (Wildman–Crippen LogP) is 5.05. The normalized spacial score (nSPS) is 16.9. The highest BCUT2D eigenvalue weighted by Gasteiger charge is 2.00. The van der Waals surface area contributed by atoms with Crippen LogP contribution < -0.4 is 0 Å². The smallest absolute Gasteiger partial charge is 0.0393 e. The fourth-order valence-electron chi connectivity index (χ4n) is 2.01. The van der Waals surface area contributed by atoms with Crippen LogP contribution >= 0.6 is 11.6 Å². The minimum atomic E-state index is 0.728. The molecule has 0 fully saturated rings. The summed E-state index contributed by atoms with van der Waals surface area (Å²) >= 11 is 5.66. The van der Waals surface area contributed by atoms with E-state index in [2.05, 4.69) is 59.6 Å². The van der Waals surface area contributed by atoms with Gasteiger partial charge < -0.3 is 0 Å². The summed E-state index contributed by atoms with van der Waals surface area (Å²) in [7, 11) is 0. The van der Waals surface area contributed by atoms with E-state index in [0.717, 1.165) is 37.4 Å². The molecule has 0 heterocycles. The van der Waals surface area contributed by atoms with Crippen molar-refractivity contribution >= 4 is 23.4 Å². The van der Waals surface area contributed by atoms with Crippen molar-refractivity contribution in [3.05, 3.63) is 65.8 Å². The topological polar surface area (TPSA) is 12.4 Å². The van der Waals surface area contributed by atoms with E-state index in [9.17, 15) is 0 Å². The van der Waals surface area contributed by atoms with Gasteiger partial charge in [0.05, 0.1) is 0 Å². The molecule has 0 saturated heterocycles. The Hall–Kier alpha value is -1.60. The van der Waals surface area contributed by atoms with Crippen LogP contribution in [0.5, 0.6) is 0 Å². The highest BCUT2D eigenvalue weighted by atomic mass is 35.5. The zero-order chi connectivity index (χ0) is 14.0. The fraction of sp³-hybridized carbons (Fsp3) is 0.278. The molecule has 1 aromatic carbocycles. The molecule has 0 aliphatic heterocycles. The van der Waals surface area contributed by atoms with Crippen molar-refractivity contribution in [1.82, 2.24) is 0 Å². The lowest BCUT2D eigenvalue weighted by Crippen LogP contribution is -1.99. The van der Waals surface area contributed by atoms with Gasteiger partial charge >= 0.3 is 0 Å². The molecule has 0 aromatic heterocycles. The Labute approximate surface area is 126 Å². The molecule has 1 aliphatic carbocycles. The van der Waals surface area contributed by atoms with Gasteiger partial charge in [-0.3, -0.25) is 4.99 Å². The molecule has 1 aliphatic rings. The average molecular weight is 286 g/mol. The number of alkyl halides is 1. The van der Waals surface area contributed by atoms with Crippen molar-refractivity contribution in [3.63, 3.8) is 0 Å². The maximum absolute atomic E-state index is 5.66. The first-order valence-corrected chi connectivity index (χ1v) is 7.62. The lowest BCUT2D eigenvalue weighted by Gasteiger charge is -2.06. The standard InChI is InChI=1S/C18H20ClN/c19-13-4-5-14-20-18-10-6-9-17(15-18)12-11-16-7-2-1-3-8-16/h1-3,6-9,11-12,15H,4-5,10,13-14H2. The summed E-state index contributed by atoms with van der Waals surface area (Å²) in [6, 6.07) is 10.3. The number of hydrogen-bond donors (Lipinski definition) is 0. The summed E-state index contributed by atoms with van der Waals surface area (Å²) in [5.74, 6) is 0.728. The molecule has 0 atom stereocenters. The number of aliphatic imine (C=N–C) groups is 1. The summed E-state index contributed by atoms with van der Waals surface area (Å²) in [6.45, 7) is 0.877. The lowest BCUT2D eigenvalue weighted by molar-refractivity contribution is 0.812. The van der Waals surface area contributed by atoms with Crippen LogP contribution in [0.25, 0.3) is 6.08 Å². The van der Waals surface area contributed by atoms with Gasteiger partial charge in [-0.2, -0.15) is 0 Å². The van der Waals surface area contributed by atoms with Crippen LogP contribution in [0.15, 0.2) is 65.2 Å². The molecule has 1 aromatic rings. The third-order valence-corrected chi connectivity index (χ3v) is 3.36. The average Bonchev–Trinajstić information content (AvgIpc) is 2.51. The second-order valence-corrected chi connectivity index (χ2v) is 5.14. The zero-order valence-electron chi connectivity index (χ0n) is 11.6. The summed E-state index contributed by atoms with van der Waals surface area (Å²) in [5.41, 5.74) is 3.58. The Kier molecular flexibility index (Phi) is 6.33. The quantitative estimate of drug-likeness (QED) is 0.512. The van der Waals surface area contributed by atoms with Crippen LogP contribution in [0.2, 0.25) is 0 Å². The van der Waals surface area contributed by atoms with Crippen LogP contribution in [-0.4, -0.2) is 18.1 Å². The van der Waals surface area contributed by atoms with Crippen LogP contribution in [-0.2, 0) is 0 Å². The van der Waals surface area contributed by atoms with Crippen molar-refractivity contribution in [2.45, 2.75) is 19.3 Å². The summed E-state index contributed by atoms with van der Waals surface area (Å²) < 4.78 is 0. The maximum atomic E-state index is 5.66. The molecular weight excluding hydrogens is 266 g/mol. The Morgan fingerprint density at radius 3 is 2.75 bits per heavy atom.